The fourth-order valence-electron chi connectivity index (χ4n) is 3.85. The van der Waals surface area contributed by atoms with Crippen LogP contribution in [0, 0.1) is 5.92 Å². The molecule has 2 aromatic carbocycles. The van der Waals surface area contributed by atoms with E-state index in [4.69, 9.17) is 0 Å². The van der Waals surface area contributed by atoms with Crippen molar-refractivity contribution in [1.29, 1.82) is 0 Å². The molecule has 1 aromatic heterocycles. The Balaban J connectivity index is 1.56. The van der Waals surface area contributed by atoms with Crippen molar-refractivity contribution in [2.24, 2.45) is 5.92 Å². The first kappa shape index (κ1) is 18.9. The lowest BCUT2D eigenvalue weighted by Gasteiger charge is -2.26. The number of rotatable bonds is 6. The molecule has 0 fully saturated rings. The molecular formula is C23H23N3O3. The van der Waals surface area contributed by atoms with Crippen molar-refractivity contribution in [1.82, 2.24) is 15.2 Å². The number of carbonyl (C=O) groups excluding carboxylic acids is 3. The summed E-state index contributed by atoms with van der Waals surface area (Å²) in [6.07, 6.45) is 2.27. The van der Waals surface area contributed by atoms with Gasteiger partial charge in [-0.05, 0) is 36.1 Å². The molecule has 1 aliphatic heterocycles. The van der Waals surface area contributed by atoms with Gasteiger partial charge in [-0.25, -0.2) is 0 Å². The van der Waals surface area contributed by atoms with Gasteiger partial charge in [0, 0.05) is 23.6 Å². The fourth-order valence-corrected chi connectivity index (χ4v) is 3.85. The number of fused-ring (bicyclic) bond motifs is 2. The highest BCUT2D eigenvalue weighted by Gasteiger charge is 2.42. The maximum atomic E-state index is 13.1. The normalized spacial score (nSPS) is 14.5. The number of aromatic amines is 1. The van der Waals surface area contributed by atoms with Crippen LogP contribution >= 0.6 is 0 Å². The van der Waals surface area contributed by atoms with Gasteiger partial charge in [0.05, 0.1) is 11.1 Å². The minimum absolute atomic E-state index is 0.142. The second-order valence-corrected chi connectivity index (χ2v) is 7.75. The lowest BCUT2D eigenvalue weighted by atomic mass is 10.0. The summed E-state index contributed by atoms with van der Waals surface area (Å²) in [7, 11) is 0. The number of amides is 3. The summed E-state index contributed by atoms with van der Waals surface area (Å²) < 4.78 is 0. The highest BCUT2D eigenvalue weighted by Crippen LogP contribution is 2.27. The van der Waals surface area contributed by atoms with Gasteiger partial charge in [0.2, 0.25) is 5.91 Å². The van der Waals surface area contributed by atoms with Gasteiger partial charge >= 0.3 is 0 Å². The number of H-pyrrole nitrogens is 1. The maximum absolute atomic E-state index is 13.1. The predicted molar refractivity (Wildman–Crippen MR) is 110 cm³/mol. The van der Waals surface area contributed by atoms with Gasteiger partial charge in [-0.15, -0.1) is 0 Å². The van der Waals surface area contributed by atoms with Crippen molar-refractivity contribution in [3.8, 4) is 0 Å². The number of nitrogens with zero attached hydrogens (tertiary/aromatic N) is 1. The van der Waals surface area contributed by atoms with E-state index in [-0.39, 0.29) is 11.8 Å². The Hall–Kier alpha value is -3.41. The lowest BCUT2D eigenvalue weighted by Crippen LogP contribution is -2.50. The van der Waals surface area contributed by atoms with Crippen LogP contribution in [0.5, 0.6) is 0 Å². The molecule has 0 radical (unpaired) electrons. The van der Waals surface area contributed by atoms with Crippen LogP contribution in [0.4, 0.5) is 0 Å². The highest BCUT2D eigenvalue weighted by atomic mass is 16.2. The molecule has 2 heterocycles. The van der Waals surface area contributed by atoms with Crippen molar-refractivity contribution >= 4 is 28.6 Å². The Labute approximate surface area is 168 Å². The van der Waals surface area contributed by atoms with E-state index >= 15 is 0 Å². The second kappa shape index (κ2) is 7.54. The van der Waals surface area contributed by atoms with E-state index in [0.717, 1.165) is 21.4 Å². The standard InChI is InChI=1S/C23H23N3O3/c1-14(2)11-20(26-22(28)17-8-3-4-9-18(17)23(26)29)21(27)25-13-15-12-24-19-10-6-5-7-16(15)19/h3-10,12,14,20,24H,11,13H2,1-2H3,(H,25,27). The fraction of sp³-hybridized carbons (Fsp3) is 0.261. The predicted octanol–water partition coefficient (Wildman–Crippen LogP) is 3.50. The summed E-state index contributed by atoms with van der Waals surface area (Å²) in [6.45, 7) is 4.26. The third-order valence-corrected chi connectivity index (χ3v) is 5.26. The van der Waals surface area contributed by atoms with E-state index in [2.05, 4.69) is 10.3 Å². The molecule has 4 rings (SSSR count). The molecule has 2 N–H and O–H groups in total. The highest BCUT2D eigenvalue weighted by molar-refractivity contribution is 6.22. The third kappa shape index (κ3) is 3.42. The Bertz CT molecular complexity index is 1060. The minimum atomic E-state index is -0.840. The summed E-state index contributed by atoms with van der Waals surface area (Å²) in [5, 5.41) is 3.96. The molecule has 1 atom stereocenters. The SMILES string of the molecule is CC(C)CC(C(=O)NCc1c[nH]c2ccccc12)N1C(=O)c2ccccc2C1=O. The summed E-state index contributed by atoms with van der Waals surface area (Å²) in [4.78, 5) is 43.1. The van der Waals surface area contributed by atoms with Gasteiger partial charge < -0.3 is 10.3 Å². The average molecular weight is 389 g/mol. The molecule has 0 saturated carbocycles. The summed E-state index contributed by atoms with van der Waals surface area (Å²) in [5.41, 5.74) is 2.67. The van der Waals surface area contributed by atoms with Gasteiger partial charge in [-0.1, -0.05) is 44.2 Å². The molecule has 1 aliphatic rings. The smallest absolute Gasteiger partial charge is 0.262 e. The van der Waals surface area contributed by atoms with Crippen LogP contribution < -0.4 is 5.32 Å². The number of para-hydroxylation sites is 1. The quantitative estimate of drug-likeness (QED) is 0.633. The molecule has 3 amide bonds. The molecule has 1 unspecified atom stereocenters. The molecule has 0 bridgehead atoms. The number of benzene rings is 2. The van der Waals surface area contributed by atoms with Crippen LogP contribution in [0.15, 0.2) is 54.7 Å². The van der Waals surface area contributed by atoms with E-state index in [1.54, 1.807) is 24.3 Å². The Morgan fingerprint density at radius 3 is 2.28 bits per heavy atom. The van der Waals surface area contributed by atoms with Crippen molar-refractivity contribution in [3.63, 3.8) is 0 Å². The van der Waals surface area contributed by atoms with Gasteiger partial charge in [-0.3, -0.25) is 19.3 Å². The van der Waals surface area contributed by atoms with Crippen LogP contribution in [0.3, 0.4) is 0 Å². The number of carbonyl (C=O) groups is 3. The summed E-state index contributed by atoms with van der Waals surface area (Å²) in [6, 6.07) is 13.7. The molecule has 0 spiro atoms. The van der Waals surface area contributed by atoms with Crippen LogP contribution in [-0.2, 0) is 11.3 Å². The first-order chi connectivity index (χ1) is 14.0. The number of hydrogen-bond donors (Lipinski definition) is 2. The molecule has 3 aromatic rings. The Morgan fingerprint density at radius 2 is 1.62 bits per heavy atom. The van der Waals surface area contributed by atoms with E-state index in [1.165, 1.54) is 0 Å². The second-order valence-electron chi connectivity index (χ2n) is 7.75. The zero-order valence-corrected chi connectivity index (χ0v) is 16.4. The molecule has 29 heavy (non-hydrogen) atoms. The Kier molecular flexibility index (Phi) is 4.92. The monoisotopic (exact) mass is 389 g/mol. The number of imide groups is 1. The van der Waals surface area contributed by atoms with Crippen LogP contribution in [-0.4, -0.2) is 33.6 Å². The number of nitrogens with one attached hydrogen (secondary N) is 2. The van der Waals surface area contributed by atoms with Gasteiger partial charge in [-0.2, -0.15) is 0 Å². The van der Waals surface area contributed by atoms with Crippen LogP contribution in [0.2, 0.25) is 0 Å². The van der Waals surface area contributed by atoms with Crippen molar-refractivity contribution < 1.29 is 14.4 Å². The minimum Gasteiger partial charge on any atom is -0.361 e. The third-order valence-electron chi connectivity index (χ3n) is 5.26. The van der Waals surface area contributed by atoms with Crippen LogP contribution in [0.1, 0.15) is 46.5 Å². The molecule has 148 valence electrons. The van der Waals surface area contributed by atoms with Gasteiger partial charge in [0.15, 0.2) is 0 Å². The Morgan fingerprint density at radius 1 is 1.00 bits per heavy atom. The zero-order valence-electron chi connectivity index (χ0n) is 16.4. The lowest BCUT2D eigenvalue weighted by molar-refractivity contribution is -0.125. The molecular weight excluding hydrogens is 366 g/mol. The number of hydrogen-bond acceptors (Lipinski definition) is 3. The zero-order chi connectivity index (χ0) is 20.5. The van der Waals surface area contributed by atoms with Crippen molar-refractivity contribution in [2.45, 2.75) is 32.9 Å². The molecule has 0 aliphatic carbocycles. The molecule has 6 nitrogen and oxygen atoms in total. The van der Waals surface area contributed by atoms with Crippen LogP contribution in [0.25, 0.3) is 10.9 Å². The topological polar surface area (TPSA) is 82.3 Å². The number of aromatic nitrogens is 1. The maximum Gasteiger partial charge on any atom is 0.262 e. The first-order valence-electron chi connectivity index (χ1n) is 9.77. The van der Waals surface area contributed by atoms with Gasteiger partial charge in [0.25, 0.3) is 11.8 Å². The van der Waals surface area contributed by atoms with E-state index < -0.39 is 17.9 Å². The van der Waals surface area contributed by atoms with E-state index in [0.29, 0.717) is 24.1 Å². The van der Waals surface area contributed by atoms with Crippen molar-refractivity contribution in [2.75, 3.05) is 0 Å². The average Bonchev–Trinajstić information content (AvgIpc) is 3.24. The molecule has 0 saturated heterocycles. The first-order valence-corrected chi connectivity index (χ1v) is 9.77. The van der Waals surface area contributed by atoms with E-state index in [9.17, 15) is 14.4 Å². The van der Waals surface area contributed by atoms with Crippen molar-refractivity contribution in [3.05, 3.63) is 71.4 Å². The summed E-state index contributed by atoms with van der Waals surface area (Å²) in [5.74, 6) is -0.987. The van der Waals surface area contributed by atoms with E-state index in [1.807, 2.05) is 44.3 Å². The molecule has 6 heteroatoms. The van der Waals surface area contributed by atoms with Gasteiger partial charge in [0.1, 0.15) is 6.04 Å². The summed E-state index contributed by atoms with van der Waals surface area (Å²) >= 11 is 0. The largest absolute Gasteiger partial charge is 0.361 e.